The lowest BCUT2D eigenvalue weighted by atomic mass is 10.1. The van der Waals surface area contributed by atoms with E-state index in [1.54, 1.807) is 0 Å². The molecule has 0 saturated carbocycles. The number of aromatic nitrogens is 1. The molecule has 14 heavy (non-hydrogen) atoms. The molecule has 0 aromatic carbocycles. The van der Waals surface area contributed by atoms with Crippen molar-refractivity contribution in [2.24, 2.45) is 5.73 Å². The monoisotopic (exact) mass is 198 g/mol. The summed E-state index contributed by atoms with van der Waals surface area (Å²) >= 11 is 0. The molecule has 0 saturated heterocycles. The zero-order chi connectivity index (χ0) is 10.6. The molecule has 0 aliphatic carbocycles. The summed E-state index contributed by atoms with van der Waals surface area (Å²) in [4.78, 5) is 3.92. The minimum absolute atomic E-state index is 0.170. The number of hydrogen-bond donors (Lipinski definition) is 2. The zero-order valence-corrected chi connectivity index (χ0v) is 8.23. The van der Waals surface area contributed by atoms with Crippen LogP contribution in [-0.2, 0) is 0 Å². The predicted octanol–water partition coefficient (Wildman–Crippen LogP) is 0.0909. The fraction of sp³-hybridized carbons (Fsp3) is 0.444. The first kappa shape index (κ1) is 10.7. The number of aliphatic hydroxyl groups is 1. The maximum Gasteiger partial charge on any atom is 0.145 e. The van der Waals surface area contributed by atoms with Gasteiger partial charge >= 0.3 is 0 Å². The first-order valence-corrected chi connectivity index (χ1v) is 4.16. The number of aliphatic hydroxyl groups excluding tert-OH is 1. The average Bonchev–Trinajstić information content (AvgIpc) is 2.26. The van der Waals surface area contributed by atoms with Crippen molar-refractivity contribution < 1.29 is 14.6 Å². The van der Waals surface area contributed by atoms with E-state index >= 15 is 0 Å². The lowest BCUT2D eigenvalue weighted by molar-refractivity contribution is 0.260. The van der Waals surface area contributed by atoms with Crippen LogP contribution >= 0.6 is 0 Å². The molecule has 0 spiro atoms. The number of nitrogens with two attached hydrogens (primary N) is 1. The first-order chi connectivity index (χ1) is 6.74. The molecule has 0 bridgehead atoms. The molecular weight excluding hydrogens is 184 g/mol. The van der Waals surface area contributed by atoms with Gasteiger partial charge in [-0.1, -0.05) is 0 Å². The van der Waals surface area contributed by atoms with Crippen molar-refractivity contribution in [2.45, 2.75) is 6.04 Å². The van der Waals surface area contributed by atoms with E-state index in [9.17, 15) is 0 Å². The molecule has 0 aliphatic rings. The predicted molar refractivity (Wildman–Crippen MR) is 51.4 cm³/mol. The van der Waals surface area contributed by atoms with Crippen LogP contribution in [0.4, 0.5) is 0 Å². The maximum atomic E-state index is 8.97. The fourth-order valence-corrected chi connectivity index (χ4v) is 1.22. The Labute approximate surface area is 82.5 Å². The second-order valence-corrected chi connectivity index (χ2v) is 2.75. The van der Waals surface area contributed by atoms with Gasteiger partial charge in [0.2, 0.25) is 0 Å². The smallest absolute Gasteiger partial charge is 0.145 e. The van der Waals surface area contributed by atoms with E-state index in [-0.39, 0.29) is 6.61 Å². The topological polar surface area (TPSA) is 77.6 Å². The molecule has 78 valence electrons. The van der Waals surface area contributed by atoms with Gasteiger partial charge in [0.25, 0.3) is 0 Å². The lowest BCUT2D eigenvalue weighted by Gasteiger charge is -2.16. The summed E-state index contributed by atoms with van der Waals surface area (Å²) in [5.74, 6) is 1.04. The molecular formula is C9H14N2O3. The van der Waals surface area contributed by atoms with Crippen LogP contribution in [0, 0.1) is 0 Å². The lowest BCUT2D eigenvalue weighted by Crippen LogP contribution is -2.16. The second kappa shape index (κ2) is 4.78. The summed E-state index contributed by atoms with van der Waals surface area (Å²) in [5, 5.41) is 8.97. The van der Waals surface area contributed by atoms with E-state index in [4.69, 9.17) is 20.3 Å². The highest BCUT2D eigenvalue weighted by Gasteiger charge is 2.16. The molecule has 5 nitrogen and oxygen atoms in total. The van der Waals surface area contributed by atoms with Crippen molar-refractivity contribution in [3.63, 3.8) is 0 Å². The minimum atomic E-state index is -0.525. The number of hydrogen-bond acceptors (Lipinski definition) is 5. The Hall–Kier alpha value is -1.33. The SMILES string of the molecule is COc1cncc(OC)c1C(N)CO. The van der Waals surface area contributed by atoms with E-state index in [0.717, 1.165) is 0 Å². The highest BCUT2D eigenvalue weighted by molar-refractivity contribution is 5.44. The van der Waals surface area contributed by atoms with E-state index in [1.165, 1.54) is 26.6 Å². The van der Waals surface area contributed by atoms with Gasteiger partial charge in [-0.05, 0) is 0 Å². The van der Waals surface area contributed by atoms with Crippen molar-refractivity contribution in [1.82, 2.24) is 4.98 Å². The molecule has 1 aromatic heterocycles. The third kappa shape index (κ3) is 1.94. The van der Waals surface area contributed by atoms with E-state index in [2.05, 4.69) is 4.98 Å². The first-order valence-electron chi connectivity index (χ1n) is 4.16. The van der Waals surface area contributed by atoms with Gasteiger partial charge in [-0.2, -0.15) is 0 Å². The number of rotatable bonds is 4. The van der Waals surface area contributed by atoms with Gasteiger partial charge in [0.15, 0.2) is 0 Å². The van der Waals surface area contributed by atoms with Gasteiger partial charge < -0.3 is 20.3 Å². The summed E-state index contributed by atoms with van der Waals surface area (Å²) in [6, 6.07) is -0.525. The molecule has 3 N–H and O–H groups in total. The summed E-state index contributed by atoms with van der Waals surface area (Å²) < 4.78 is 10.2. The molecule has 1 rings (SSSR count). The van der Waals surface area contributed by atoms with Crippen molar-refractivity contribution in [3.8, 4) is 11.5 Å². The Bertz CT molecular complexity index is 282. The van der Waals surface area contributed by atoms with Gasteiger partial charge in [0.05, 0.1) is 44.8 Å². The van der Waals surface area contributed by atoms with Crippen LogP contribution in [0.15, 0.2) is 12.4 Å². The molecule has 5 heteroatoms. The van der Waals surface area contributed by atoms with Crippen molar-refractivity contribution in [3.05, 3.63) is 18.0 Å². The Morgan fingerprint density at radius 1 is 1.36 bits per heavy atom. The number of nitrogens with zero attached hydrogens (tertiary/aromatic N) is 1. The largest absolute Gasteiger partial charge is 0.495 e. The second-order valence-electron chi connectivity index (χ2n) is 2.75. The van der Waals surface area contributed by atoms with Crippen LogP contribution in [0.2, 0.25) is 0 Å². The molecule has 0 aliphatic heterocycles. The van der Waals surface area contributed by atoms with Crippen LogP contribution in [0.3, 0.4) is 0 Å². The normalized spacial score (nSPS) is 12.3. The van der Waals surface area contributed by atoms with Crippen LogP contribution in [0.25, 0.3) is 0 Å². The molecule has 0 radical (unpaired) electrons. The van der Waals surface area contributed by atoms with Crippen molar-refractivity contribution >= 4 is 0 Å². The summed E-state index contributed by atoms with van der Waals surface area (Å²) in [7, 11) is 3.04. The fourth-order valence-electron chi connectivity index (χ4n) is 1.22. The number of ether oxygens (including phenoxy) is 2. The van der Waals surface area contributed by atoms with Gasteiger partial charge in [0, 0.05) is 0 Å². The molecule has 1 heterocycles. The highest BCUT2D eigenvalue weighted by Crippen LogP contribution is 2.31. The maximum absolute atomic E-state index is 8.97. The van der Waals surface area contributed by atoms with Gasteiger partial charge in [-0.25, -0.2) is 0 Å². The third-order valence-electron chi connectivity index (χ3n) is 1.92. The number of pyridine rings is 1. The van der Waals surface area contributed by atoms with E-state index in [1.807, 2.05) is 0 Å². The van der Waals surface area contributed by atoms with Gasteiger partial charge in [0.1, 0.15) is 11.5 Å². The van der Waals surface area contributed by atoms with Crippen LogP contribution in [0.1, 0.15) is 11.6 Å². The molecule has 1 aromatic rings. The number of methoxy groups -OCH3 is 2. The van der Waals surface area contributed by atoms with E-state index < -0.39 is 6.04 Å². The standard InChI is InChI=1S/C9H14N2O3/c1-13-7-3-11-4-8(14-2)9(7)6(10)5-12/h3-4,6,12H,5,10H2,1-2H3. The Morgan fingerprint density at radius 3 is 2.21 bits per heavy atom. The molecule has 0 fully saturated rings. The minimum Gasteiger partial charge on any atom is -0.495 e. The molecule has 1 atom stereocenters. The quantitative estimate of drug-likeness (QED) is 0.717. The van der Waals surface area contributed by atoms with Crippen molar-refractivity contribution in [1.29, 1.82) is 0 Å². The summed E-state index contributed by atoms with van der Waals surface area (Å²) in [5.41, 5.74) is 6.34. The highest BCUT2D eigenvalue weighted by atomic mass is 16.5. The van der Waals surface area contributed by atoms with Crippen LogP contribution < -0.4 is 15.2 Å². The zero-order valence-electron chi connectivity index (χ0n) is 8.23. The Morgan fingerprint density at radius 2 is 1.86 bits per heavy atom. The Kier molecular flexibility index (Phi) is 3.67. The summed E-state index contributed by atoms with van der Waals surface area (Å²) in [6.07, 6.45) is 3.07. The Balaban J connectivity index is 3.18. The van der Waals surface area contributed by atoms with E-state index in [0.29, 0.717) is 17.1 Å². The van der Waals surface area contributed by atoms with Gasteiger partial charge in [-0.3, -0.25) is 4.98 Å². The third-order valence-corrected chi connectivity index (χ3v) is 1.92. The van der Waals surface area contributed by atoms with Crippen LogP contribution in [-0.4, -0.2) is 30.9 Å². The molecule has 0 amide bonds. The molecule has 1 unspecified atom stereocenters. The van der Waals surface area contributed by atoms with Crippen LogP contribution in [0.5, 0.6) is 11.5 Å². The van der Waals surface area contributed by atoms with Crippen molar-refractivity contribution in [2.75, 3.05) is 20.8 Å². The van der Waals surface area contributed by atoms with Gasteiger partial charge in [-0.15, -0.1) is 0 Å². The summed E-state index contributed by atoms with van der Waals surface area (Å²) in [6.45, 7) is -0.170. The average molecular weight is 198 g/mol.